The van der Waals surface area contributed by atoms with E-state index in [0.717, 1.165) is 12.5 Å². The van der Waals surface area contributed by atoms with Crippen molar-refractivity contribution in [2.75, 3.05) is 0 Å². The summed E-state index contributed by atoms with van der Waals surface area (Å²) in [5.41, 5.74) is -1.27. The van der Waals surface area contributed by atoms with Crippen LogP contribution in [0.25, 0.3) is 0 Å². The summed E-state index contributed by atoms with van der Waals surface area (Å²) in [6, 6.07) is 3.75. The highest BCUT2D eigenvalue weighted by Crippen LogP contribution is 2.28. The lowest BCUT2D eigenvalue weighted by Gasteiger charge is -2.24. The average molecular weight is 253 g/mol. The van der Waals surface area contributed by atoms with Crippen LogP contribution in [0.5, 0.6) is 5.75 Å². The van der Waals surface area contributed by atoms with Gasteiger partial charge in [0, 0.05) is 0 Å². The molecule has 0 amide bonds. The predicted octanol–water partition coefficient (Wildman–Crippen LogP) is 2.86. The molecule has 6 nitrogen and oxygen atoms in total. The number of aromatic carboxylic acids is 1. The molecule has 1 aromatic rings. The van der Waals surface area contributed by atoms with E-state index in [-0.39, 0.29) is 5.56 Å². The fraction of sp³-hybridized carbons (Fsp3) is 0.417. The van der Waals surface area contributed by atoms with Gasteiger partial charge in [0.05, 0.1) is 11.0 Å². The van der Waals surface area contributed by atoms with E-state index < -0.39 is 22.2 Å². The number of nitro groups is 1. The van der Waals surface area contributed by atoms with Gasteiger partial charge < -0.3 is 9.84 Å². The molecular weight excluding hydrogens is 238 g/mol. The second kappa shape index (κ2) is 5.03. The molecule has 0 unspecified atom stereocenters. The van der Waals surface area contributed by atoms with Crippen LogP contribution >= 0.6 is 0 Å². The third-order valence-corrected chi connectivity index (χ3v) is 2.64. The first-order valence-corrected chi connectivity index (χ1v) is 5.47. The maximum Gasteiger partial charge on any atom is 0.342 e. The normalized spacial score (nSPS) is 11.1. The molecular formula is C12H15NO5. The second-order valence-electron chi connectivity index (χ2n) is 4.46. The molecule has 98 valence electrons. The summed E-state index contributed by atoms with van der Waals surface area (Å²) in [5, 5.41) is 19.6. The highest BCUT2D eigenvalue weighted by Gasteiger charge is 2.23. The monoisotopic (exact) mass is 253 g/mol. The lowest BCUT2D eigenvalue weighted by atomic mass is 10.1. The van der Waals surface area contributed by atoms with E-state index in [2.05, 4.69) is 0 Å². The molecule has 1 rings (SSSR count). The van der Waals surface area contributed by atoms with Crippen molar-refractivity contribution >= 4 is 11.7 Å². The molecule has 0 saturated heterocycles. The summed E-state index contributed by atoms with van der Waals surface area (Å²) in [4.78, 5) is 20.9. The molecule has 1 N–H and O–H groups in total. The maximum absolute atomic E-state index is 10.8. The summed E-state index contributed by atoms with van der Waals surface area (Å²) in [6.07, 6.45) is 0.724. The smallest absolute Gasteiger partial charge is 0.342 e. The van der Waals surface area contributed by atoms with Crippen molar-refractivity contribution in [3.63, 3.8) is 0 Å². The number of carboxylic acid groups (broad SMARTS) is 1. The number of nitro benzene ring substituents is 1. The number of hydrogen-bond acceptors (Lipinski definition) is 4. The highest BCUT2D eigenvalue weighted by molar-refractivity contribution is 5.92. The van der Waals surface area contributed by atoms with Gasteiger partial charge in [0.1, 0.15) is 16.9 Å². The molecule has 1 aromatic carbocycles. The highest BCUT2D eigenvalue weighted by atomic mass is 16.6. The number of benzene rings is 1. The van der Waals surface area contributed by atoms with E-state index in [1.54, 1.807) is 0 Å². The topological polar surface area (TPSA) is 89.7 Å². The number of rotatable bonds is 5. The van der Waals surface area contributed by atoms with Crippen LogP contribution in [0.4, 0.5) is 5.69 Å². The lowest BCUT2D eigenvalue weighted by molar-refractivity contribution is -0.385. The van der Waals surface area contributed by atoms with Crippen LogP contribution < -0.4 is 4.74 Å². The van der Waals surface area contributed by atoms with Gasteiger partial charge in [-0.3, -0.25) is 10.1 Å². The summed E-state index contributed by atoms with van der Waals surface area (Å²) in [5.74, 6) is -1.04. The van der Waals surface area contributed by atoms with Gasteiger partial charge in [0.15, 0.2) is 0 Å². The minimum atomic E-state index is -1.33. The third kappa shape index (κ3) is 3.19. The van der Waals surface area contributed by atoms with Crippen LogP contribution in [0.3, 0.4) is 0 Å². The standard InChI is InChI=1S/C12H15NO5/c1-4-12(2,3)18-8-5-6-9(11(14)15)10(7-8)13(16)17/h5-7H,4H2,1-3H3,(H,14,15). The zero-order chi connectivity index (χ0) is 13.9. The van der Waals surface area contributed by atoms with Gasteiger partial charge in [-0.2, -0.15) is 0 Å². The Labute approximate surface area is 104 Å². The summed E-state index contributed by atoms with van der Waals surface area (Å²) >= 11 is 0. The first kappa shape index (κ1) is 14.0. The number of carbonyl (C=O) groups is 1. The Morgan fingerprint density at radius 2 is 2.11 bits per heavy atom. The Balaban J connectivity index is 3.16. The molecule has 0 radical (unpaired) electrons. The molecule has 0 bridgehead atoms. The van der Waals surface area contributed by atoms with Gasteiger partial charge in [-0.15, -0.1) is 0 Å². The predicted molar refractivity (Wildman–Crippen MR) is 65.1 cm³/mol. The van der Waals surface area contributed by atoms with Crippen molar-refractivity contribution < 1.29 is 19.6 Å². The minimum absolute atomic E-state index is 0.290. The maximum atomic E-state index is 10.8. The first-order valence-electron chi connectivity index (χ1n) is 5.47. The number of carboxylic acids is 1. The Hall–Kier alpha value is -2.11. The van der Waals surface area contributed by atoms with E-state index in [9.17, 15) is 14.9 Å². The number of nitrogens with zero attached hydrogens (tertiary/aromatic N) is 1. The molecule has 18 heavy (non-hydrogen) atoms. The van der Waals surface area contributed by atoms with E-state index in [4.69, 9.17) is 9.84 Å². The third-order valence-electron chi connectivity index (χ3n) is 2.64. The van der Waals surface area contributed by atoms with E-state index >= 15 is 0 Å². The zero-order valence-corrected chi connectivity index (χ0v) is 10.5. The van der Waals surface area contributed by atoms with E-state index in [1.807, 2.05) is 20.8 Å². The average Bonchev–Trinajstić information content (AvgIpc) is 2.28. The van der Waals surface area contributed by atoms with Gasteiger partial charge in [-0.05, 0) is 32.4 Å². The van der Waals surface area contributed by atoms with E-state index in [0.29, 0.717) is 5.75 Å². The quantitative estimate of drug-likeness (QED) is 0.643. The molecule has 0 aliphatic heterocycles. The number of ether oxygens (including phenoxy) is 1. The zero-order valence-electron chi connectivity index (χ0n) is 10.5. The fourth-order valence-electron chi connectivity index (χ4n) is 1.30. The second-order valence-corrected chi connectivity index (χ2v) is 4.46. The van der Waals surface area contributed by atoms with Crippen LogP contribution in [0.2, 0.25) is 0 Å². The van der Waals surface area contributed by atoms with Gasteiger partial charge in [0.2, 0.25) is 0 Å². The minimum Gasteiger partial charge on any atom is -0.488 e. The molecule has 0 heterocycles. The summed E-state index contributed by atoms with van der Waals surface area (Å²) < 4.78 is 5.58. The van der Waals surface area contributed by atoms with Crippen molar-refractivity contribution in [1.82, 2.24) is 0 Å². The number of hydrogen-bond donors (Lipinski definition) is 1. The molecule has 0 fully saturated rings. The lowest BCUT2D eigenvalue weighted by Crippen LogP contribution is -2.26. The van der Waals surface area contributed by atoms with Crippen molar-refractivity contribution in [2.45, 2.75) is 32.8 Å². The summed E-state index contributed by atoms with van der Waals surface area (Å²) in [7, 11) is 0. The van der Waals surface area contributed by atoms with Crippen molar-refractivity contribution in [2.24, 2.45) is 0 Å². The van der Waals surface area contributed by atoms with Gasteiger partial charge in [-0.25, -0.2) is 4.79 Å². The SMILES string of the molecule is CCC(C)(C)Oc1ccc(C(=O)O)c([N+](=O)[O-])c1. The molecule has 0 aromatic heterocycles. The Morgan fingerprint density at radius 3 is 2.56 bits per heavy atom. The Kier molecular flexibility index (Phi) is 3.90. The molecule has 0 atom stereocenters. The van der Waals surface area contributed by atoms with E-state index in [1.165, 1.54) is 12.1 Å². The Bertz CT molecular complexity index is 481. The summed E-state index contributed by atoms with van der Waals surface area (Å²) in [6.45, 7) is 5.63. The van der Waals surface area contributed by atoms with Crippen molar-refractivity contribution in [3.8, 4) is 5.75 Å². The van der Waals surface area contributed by atoms with Crippen molar-refractivity contribution in [3.05, 3.63) is 33.9 Å². The van der Waals surface area contributed by atoms with Crippen LogP contribution in [0.1, 0.15) is 37.6 Å². The van der Waals surface area contributed by atoms with Crippen LogP contribution in [-0.4, -0.2) is 21.6 Å². The molecule has 0 aliphatic carbocycles. The molecule has 0 spiro atoms. The van der Waals surface area contributed by atoms with Gasteiger partial charge in [0.25, 0.3) is 5.69 Å². The van der Waals surface area contributed by atoms with Crippen LogP contribution in [-0.2, 0) is 0 Å². The first-order chi connectivity index (χ1) is 8.26. The Morgan fingerprint density at radius 1 is 1.50 bits per heavy atom. The fourth-order valence-corrected chi connectivity index (χ4v) is 1.30. The molecule has 0 aliphatic rings. The van der Waals surface area contributed by atoms with Crippen molar-refractivity contribution in [1.29, 1.82) is 0 Å². The van der Waals surface area contributed by atoms with Gasteiger partial charge in [-0.1, -0.05) is 6.92 Å². The van der Waals surface area contributed by atoms with Crippen LogP contribution in [0.15, 0.2) is 18.2 Å². The van der Waals surface area contributed by atoms with Gasteiger partial charge >= 0.3 is 5.97 Å². The largest absolute Gasteiger partial charge is 0.488 e. The van der Waals surface area contributed by atoms with Crippen LogP contribution in [0, 0.1) is 10.1 Å². The molecule has 6 heteroatoms. The molecule has 0 saturated carbocycles.